The molecule has 0 rings (SSSR count). The molecule has 1 atom stereocenters. The van der Waals surface area contributed by atoms with E-state index >= 15 is 0 Å². The van der Waals surface area contributed by atoms with E-state index in [0.29, 0.717) is 19.6 Å². The number of alkyl carbamates (subject to hydrolysis) is 1. The topological polar surface area (TPSA) is 140 Å². The Hall–Kier alpha value is -1.99. The number of nitrogens with two attached hydrogens (primary N) is 2. The molecule has 158 valence electrons. The molecule has 0 spiro atoms. The van der Waals surface area contributed by atoms with E-state index in [-0.39, 0.29) is 12.4 Å². The molecule has 6 N–H and O–H groups in total. The van der Waals surface area contributed by atoms with E-state index in [0.717, 1.165) is 19.3 Å². The second-order valence-electron chi connectivity index (χ2n) is 6.80. The van der Waals surface area contributed by atoms with Crippen LogP contribution in [0.5, 0.6) is 0 Å². The minimum atomic E-state index is -1.10. The Kier molecular flexibility index (Phi) is 16.1. The molecule has 8 nitrogen and oxygen atoms in total. The van der Waals surface area contributed by atoms with Crippen LogP contribution in [0.3, 0.4) is 0 Å². The molecule has 0 aliphatic rings. The molecule has 0 radical (unpaired) electrons. The summed E-state index contributed by atoms with van der Waals surface area (Å²) in [7, 11) is 0. The van der Waals surface area contributed by atoms with E-state index in [1.165, 1.54) is 44.9 Å². The first-order valence-corrected chi connectivity index (χ1v) is 10.2. The van der Waals surface area contributed by atoms with Crippen LogP contribution in [0.1, 0.15) is 84.0 Å². The molecule has 0 aliphatic carbocycles. The van der Waals surface area contributed by atoms with E-state index in [4.69, 9.17) is 21.3 Å². The maximum Gasteiger partial charge on any atom is 0.407 e. The second kappa shape index (κ2) is 17.4. The number of carbonyl (C=O) groups excluding carboxylic acids is 1. The van der Waals surface area contributed by atoms with E-state index in [1.54, 1.807) is 0 Å². The first-order valence-electron chi connectivity index (χ1n) is 10.2. The lowest BCUT2D eigenvalue weighted by Crippen LogP contribution is -2.41. The van der Waals surface area contributed by atoms with Gasteiger partial charge in [-0.1, -0.05) is 64.7 Å². The number of guanidine groups is 1. The van der Waals surface area contributed by atoms with E-state index in [2.05, 4.69) is 17.2 Å². The second-order valence-corrected chi connectivity index (χ2v) is 6.80. The van der Waals surface area contributed by atoms with Gasteiger partial charge in [-0.2, -0.15) is 0 Å². The Morgan fingerprint density at radius 3 is 2.04 bits per heavy atom. The average Bonchev–Trinajstić information content (AvgIpc) is 2.61. The largest absolute Gasteiger partial charge is 0.480 e. The Balaban J connectivity index is 3.66. The van der Waals surface area contributed by atoms with Gasteiger partial charge in [0.1, 0.15) is 6.04 Å². The molecule has 0 fully saturated rings. The molecule has 0 aromatic heterocycles. The Bertz CT molecular complexity index is 426. The molecule has 8 heteroatoms. The third-order valence-electron chi connectivity index (χ3n) is 4.27. The summed E-state index contributed by atoms with van der Waals surface area (Å²) >= 11 is 0. The van der Waals surface area contributed by atoms with Crippen molar-refractivity contribution >= 4 is 18.0 Å². The molecule has 0 heterocycles. The molecule has 0 unspecified atom stereocenters. The zero-order chi connectivity index (χ0) is 20.3. The van der Waals surface area contributed by atoms with Crippen molar-refractivity contribution in [2.45, 2.75) is 90.0 Å². The van der Waals surface area contributed by atoms with Gasteiger partial charge in [-0.25, -0.2) is 9.59 Å². The van der Waals surface area contributed by atoms with Gasteiger partial charge in [0.2, 0.25) is 0 Å². The zero-order valence-electron chi connectivity index (χ0n) is 16.8. The van der Waals surface area contributed by atoms with E-state index in [9.17, 15) is 9.59 Å². The summed E-state index contributed by atoms with van der Waals surface area (Å²) in [6.45, 7) is 2.85. The summed E-state index contributed by atoms with van der Waals surface area (Å²) in [5.74, 6) is -1.14. The molecule has 0 bridgehead atoms. The smallest absolute Gasteiger partial charge is 0.407 e. The number of hydrogen-bond donors (Lipinski definition) is 4. The number of carbonyl (C=O) groups is 2. The summed E-state index contributed by atoms with van der Waals surface area (Å²) in [4.78, 5) is 26.6. The van der Waals surface area contributed by atoms with Gasteiger partial charge in [0.15, 0.2) is 5.96 Å². The highest BCUT2D eigenvalue weighted by atomic mass is 16.5. The molecule has 0 aromatic rings. The fourth-order valence-corrected chi connectivity index (χ4v) is 2.70. The standard InChI is InChI=1S/C19H38N4O4/c1-2-3-4-5-6-7-8-9-10-11-15-27-19(26)23-16(17(24)25)13-12-14-22-18(20)21/h16H,2-15H2,1H3,(H,23,26)(H,24,25)(H4,20,21,22)/t16-/m0/s1. The molecular formula is C19H38N4O4. The normalized spacial score (nSPS) is 11.6. The van der Waals surface area contributed by atoms with Gasteiger partial charge < -0.3 is 26.6 Å². The van der Waals surface area contributed by atoms with Gasteiger partial charge >= 0.3 is 12.1 Å². The van der Waals surface area contributed by atoms with Crippen LogP contribution in [0.25, 0.3) is 0 Å². The first kappa shape index (κ1) is 25.0. The van der Waals surface area contributed by atoms with Gasteiger partial charge in [-0.15, -0.1) is 0 Å². The van der Waals surface area contributed by atoms with Crippen molar-refractivity contribution in [1.29, 1.82) is 0 Å². The fourth-order valence-electron chi connectivity index (χ4n) is 2.70. The maximum absolute atomic E-state index is 11.7. The Morgan fingerprint density at radius 2 is 1.52 bits per heavy atom. The van der Waals surface area contributed by atoms with Gasteiger partial charge in [0.25, 0.3) is 0 Å². The third kappa shape index (κ3) is 17.2. The quantitative estimate of drug-likeness (QED) is 0.172. The zero-order valence-corrected chi connectivity index (χ0v) is 16.8. The van der Waals surface area contributed by atoms with Crippen molar-refractivity contribution in [2.75, 3.05) is 13.2 Å². The number of ether oxygens (including phenoxy) is 1. The molecule has 1 amide bonds. The number of hydrogen-bond acceptors (Lipinski definition) is 4. The highest BCUT2D eigenvalue weighted by molar-refractivity contribution is 5.79. The molecule has 0 saturated heterocycles. The number of carboxylic acid groups (broad SMARTS) is 1. The molecule has 0 aliphatic heterocycles. The summed E-state index contributed by atoms with van der Waals surface area (Å²) in [6, 6.07) is -1.00. The minimum absolute atomic E-state index is 0.0364. The number of aliphatic carboxylic acids is 1. The number of unbranched alkanes of at least 4 members (excludes halogenated alkanes) is 9. The number of carboxylic acids is 1. The van der Waals surface area contributed by atoms with Crippen LogP contribution in [0.15, 0.2) is 4.99 Å². The Labute approximate surface area is 163 Å². The molecule has 27 heavy (non-hydrogen) atoms. The van der Waals surface area contributed by atoms with Crippen LogP contribution >= 0.6 is 0 Å². The van der Waals surface area contributed by atoms with Crippen molar-refractivity contribution in [2.24, 2.45) is 16.5 Å². The minimum Gasteiger partial charge on any atom is -0.480 e. The summed E-state index contributed by atoms with van der Waals surface area (Å²) in [5, 5.41) is 11.5. The number of rotatable bonds is 17. The lowest BCUT2D eigenvalue weighted by Gasteiger charge is -2.14. The summed E-state index contributed by atoms with van der Waals surface area (Å²) < 4.78 is 5.06. The molecule has 0 aromatic carbocycles. The van der Waals surface area contributed by atoms with Crippen LogP contribution in [0, 0.1) is 0 Å². The number of amides is 1. The number of nitrogens with one attached hydrogen (secondary N) is 1. The lowest BCUT2D eigenvalue weighted by molar-refractivity contribution is -0.139. The number of nitrogens with zero attached hydrogens (tertiary/aromatic N) is 1. The maximum atomic E-state index is 11.7. The molecular weight excluding hydrogens is 348 g/mol. The van der Waals surface area contributed by atoms with Gasteiger partial charge in [-0.05, 0) is 19.3 Å². The average molecular weight is 387 g/mol. The van der Waals surface area contributed by atoms with Crippen LogP contribution in [-0.4, -0.2) is 42.3 Å². The van der Waals surface area contributed by atoms with Crippen molar-refractivity contribution < 1.29 is 19.4 Å². The van der Waals surface area contributed by atoms with Crippen LogP contribution in [0.2, 0.25) is 0 Å². The Morgan fingerprint density at radius 1 is 0.963 bits per heavy atom. The predicted octanol–water partition coefficient (Wildman–Crippen LogP) is 3.14. The van der Waals surface area contributed by atoms with Crippen LogP contribution < -0.4 is 16.8 Å². The third-order valence-corrected chi connectivity index (χ3v) is 4.27. The highest BCUT2D eigenvalue weighted by Gasteiger charge is 2.19. The highest BCUT2D eigenvalue weighted by Crippen LogP contribution is 2.10. The van der Waals surface area contributed by atoms with Crippen molar-refractivity contribution in [3.05, 3.63) is 0 Å². The monoisotopic (exact) mass is 386 g/mol. The van der Waals surface area contributed by atoms with Crippen LogP contribution in [0.4, 0.5) is 4.79 Å². The summed E-state index contributed by atoms with van der Waals surface area (Å²) in [6.07, 6.45) is 12.0. The molecule has 0 saturated carbocycles. The van der Waals surface area contributed by atoms with Crippen LogP contribution in [-0.2, 0) is 9.53 Å². The first-order chi connectivity index (χ1) is 13.0. The van der Waals surface area contributed by atoms with Gasteiger partial charge in [0, 0.05) is 6.54 Å². The van der Waals surface area contributed by atoms with Crippen molar-refractivity contribution in [3.8, 4) is 0 Å². The summed E-state index contributed by atoms with van der Waals surface area (Å²) in [5.41, 5.74) is 10.4. The fraction of sp³-hybridized carbons (Fsp3) is 0.842. The van der Waals surface area contributed by atoms with Gasteiger partial charge in [-0.3, -0.25) is 4.99 Å². The predicted molar refractivity (Wildman–Crippen MR) is 108 cm³/mol. The van der Waals surface area contributed by atoms with Crippen molar-refractivity contribution in [1.82, 2.24) is 5.32 Å². The lowest BCUT2D eigenvalue weighted by atomic mass is 10.1. The SMILES string of the molecule is CCCCCCCCCCCCOC(=O)N[C@@H](CCCN=C(N)N)C(=O)O. The number of aliphatic imine (C=N–C) groups is 1. The van der Waals surface area contributed by atoms with Gasteiger partial charge in [0.05, 0.1) is 6.61 Å². The van der Waals surface area contributed by atoms with E-state index < -0.39 is 18.1 Å². The van der Waals surface area contributed by atoms with E-state index in [1.807, 2.05) is 0 Å². The van der Waals surface area contributed by atoms with Crippen molar-refractivity contribution in [3.63, 3.8) is 0 Å².